The van der Waals surface area contributed by atoms with Gasteiger partial charge in [0.25, 0.3) is 0 Å². The van der Waals surface area contributed by atoms with Gasteiger partial charge < -0.3 is 15.1 Å². The molecule has 1 saturated heterocycles. The van der Waals surface area contributed by atoms with E-state index in [0.29, 0.717) is 6.04 Å². The van der Waals surface area contributed by atoms with Crippen molar-refractivity contribution in [1.82, 2.24) is 10.2 Å². The molecule has 2 fully saturated rings. The molecular formula is C17H26BrN3. The highest BCUT2D eigenvalue weighted by Gasteiger charge is 2.31. The molecule has 2 unspecified atom stereocenters. The minimum absolute atomic E-state index is 0.653. The van der Waals surface area contributed by atoms with E-state index in [1.54, 1.807) is 0 Å². The zero-order valence-electron chi connectivity index (χ0n) is 13.3. The summed E-state index contributed by atoms with van der Waals surface area (Å²) in [7, 11) is 4.38. The smallest absolute Gasteiger partial charge is 0.0378 e. The Morgan fingerprint density at radius 1 is 1.29 bits per heavy atom. The first-order valence-corrected chi connectivity index (χ1v) is 8.77. The molecule has 2 aliphatic rings. The Morgan fingerprint density at radius 3 is 2.62 bits per heavy atom. The third-order valence-corrected chi connectivity index (χ3v) is 5.53. The van der Waals surface area contributed by atoms with Gasteiger partial charge in [0.1, 0.15) is 0 Å². The van der Waals surface area contributed by atoms with E-state index in [-0.39, 0.29) is 0 Å². The fourth-order valence-electron chi connectivity index (χ4n) is 3.25. The van der Waals surface area contributed by atoms with E-state index in [0.717, 1.165) is 31.6 Å². The first-order chi connectivity index (χ1) is 10.0. The maximum atomic E-state index is 3.75. The Morgan fingerprint density at radius 2 is 2.05 bits per heavy atom. The van der Waals surface area contributed by atoms with Crippen molar-refractivity contribution >= 4 is 21.6 Å². The lowest BCUT2D eigenvalue weighted by atomic mass is 10.1. The summed E-state index contributed by atoms with van der Waals surface area (Å²) in [6.07, 6.45) is 2.68. The molecule has 0 bridgehead atoms. The summed E-state index contributed by atoms with van der Waals surface area (Å²) < 4.78 is 1.23. The predicted octanol–water partition coefficient (Wildman–Crippen LogP) is 3.09. The Labute approximate surface area is 136 Å². The second-order valence-electron chi connectivity index (χ2n) is 6.84. The van der Waals surface area contributed by atoms with E-state index in [9.17, 15) is 0 Å². The largest absolute Gasteiger partial charge is 0.370 e. The van der Waals surface area contributed by atoms with Gasteiger partial charge in [-0.1, -0.05) is 28.9 Å². The Kier molecular flexibility index (Phi) is 4.57. The maximum Gasteiger partial charge on any atom is 0.0378 e. The average molecular weight is 352 g/mol. The van der Waals surface area contributed by atoms with Gasteiger partial charge in [0.15, 0.2) is 0 Å². The number of rotatable bonds is 5. The van der Waals surface area contributed by atoms with Crippen molar-refractivity contribution in [1.29, 1.82) is 0 Å². The van der Waals surface area contributed by atoms with Crippen LogP contribution in [0.3, 0.4) is 0 Å². The Hall–Kier alpha value is -0.580. The first kappa shape index (κ1) is 15.3. The molecule has 4 heteroatoms. The van der Waals surface area contributed by atoms with Crippen LogP contribution in [0.1, 0.15) is 25.3 Å². The zero-order chi connectivity index (χ0) is 15.0. The molecule has 0 amide bonds. The van der Waals surface area contributed by atoms with Gasteiger partial charge in [0.05, 0.1) is 0 Å². The fourth-order valence-corrected chi connectivity index (χ4v) is 3.76. The summed E-state index contributed by atoms with van der Waals surface area (Å²) in [5.74, 6) is 0.718. The van der Waals surface area contributed by atoms with Crippen LogP contribution in [0, 0.1) is 5.92 Å². The van der Waals surface area contributed by atoms with Crippen LogP contribution in [-0.4, -0.2) is 44.2 Å². The van der Waals surface area contributed by atoms with E-state index >= 15 is 0 Å². The van der Waals surface area contributed by atoms with Crippen LogP contribution in [0.2, 0.25) is 0 Å². The van der Waals surface area contributed by atoms with Crippen LogP contribution in [-0.2, 0) is 6.54 Å². The molecule has 2 atom stereocenters. The molecule has 1 saturated carbocycles. The van der Waals surface area contributed by atoms with Crippen LogP contribution >= 0.6 is 15.9 Å². The molecule has 1 heterocycles. The van der Waals surface area contributed by atoms with Crippen LogP contribution in [0.4, 0.5) is 5.69 Å². The lowest BCUT2D eigenvalue weighted by Crippen LogP contribution is -2.34. The van der Waals surface area contributed by atoms with E-state index in [1.165, 1.54) is 28.6 Å². The lowest BCUT2D eigenvalue weighted by Gasteiger charge is -2.23. The number of benzene rings is 1. The van der Waals surface area contributed by atoms with Gasteiger partial charge in [-0.05, 0) is 50.6 Å². The quantitative estimate of drug-likeness (QED) is 0.879. The van der Waals surface area contributed by atoms with Gasteiger partial charge in [-0.25, -0.2) is 0 Å². The molecular weight excluding hydrogens is 326 g/mol. The predicted molar refractivity (Wildman–Crippen MR) is 92.9 cm³/mol. The van der Waals surface area contributed by atoms with Crippen LogP contribution in [0.5, 0.6) is 0 Å². The van der Waals surface area contributed by atoms with E-state index < -0.39 is 0 Å². The molecule has 0 radical (unpaired) electrons. The Balaban J connectivity index is 1.67. The van der Waals surface area contributed by atoms with Gasteiger partial charge in [-0.3, -0.25) is 0 Å². The Bertz CT molecular complexity index is 499. The third kappa shape index (κ3) is 3.61. The van der Waals surface area contributed by atoms with Crippen molar-refractivity contribution < 1.29 is 0 Å². The van der Waals surface area contributed by atoms with Crippen molar-refractivity contribution in [3.8, 4) is 0 Å². The van der Waals surface area contributed by atoms with Crippen molar-refractivity contribution in [2.24, 2.45) is 5.92 Å². The molecule has 1 N–H and O–H groups in total. The second kappa shape index (κ2) is 6.27. The monoisotopic (exact) mass is 351 g/mol. The SMILES string of the molecule is CC1CN(c2ccc(CNC3CC3)c(Br)c2)CC1N(C)C. The van der Waals surface area contributed by atoms with Crippen molar-refractivity contribution in [3.63, 3.8) is 0 Å². The number of halogens is 1. The number of anilines is 1. The van der Waals surface area contributed by atoms with Gasteiger partial charge in [0, 0.05) is 41.9 Å². The fraction of sp³-hybridized carbons (Fsp3) is 0.647. The third-order valence-electron chi connectivity index (χ3n) is 4.80. The van der Waals surface area contributed by atoms with Gasteiger partial charge >= 0.3 is 0 Å². The van der Waals surface area contributed by atoms with Crippen LogP contribution in [0.15, 0.2) is 22.7 Å². The summed E-state index contributed by atoms with van der Waals surface area (Å²) >= 11 is 3.75. The van der Waals surface area contributed by atoms with Crippen LogP contribution in [0.25, 0.3) is 0 Å². The van der Waals surface area contributed by atoms with E-state index in [1.807, 2.05) is 0 Å². The standard InChI is InChI=1S/C17H26BrN3/c1-12-10-21(11-17(12)20(2)3)15-7-4-13(16(18)8-15)9-19-14-5-6-14/h4,7-8,12,14,17,19H,5-6,9-11H2,1-3H3. The molecule has 1 aromatic carbocycles. The molecule has 0 aromatic heterocycles. The lowest BCUT2D eigenvalue weighted by molar-refractivity contribution is 0.266. The summed E-state index contributed by atoms with van der Waals surface area (Å²) in [5.41, 5.74) is 2.70. The molecule has 0 spiro atoms. The van der Waals surface area contributed by atoms with Gasteiger partial charge in [-0.2, -0.15) is 0 Å². The summed E-state index contributed by atoms with van der Waals surface area (Å²) in [6, 6.07) is 8.24. The number of hydrogen-bond acceptors (Lipinski definition) is 3. The highest BCUT2D eigenvalue weighted by Crippen LogP contribution is 2.30. The minimum atomic E-state index is 0.653. The molecule has 21 heavy (non-hydrogen) atoms. The number of nitrogens with one attached hydrogen (secondary N) is 1. The molecule has 1 aromatic rings. The topological polar surface area (TPSA) is 18.5 Å². The van der Waals surface area contributed by atoms with E-state index in [4.69, 9.17) is 0 Å². The molecule has 3 nitrogen and oxygen atoms in total. The van der Waals surface area contributed by atoms with Crippen molar-refractivity contribution in [2.45, 2.75) is 38.4 Å². The first-order valence-electron chi connectivity index (χ1n) is 7.98. The second-order valence-corrected chi connectivity index (χ2v) is 7.70. The van der Waals surface area contributed by atoms with Crippen molar-refractivity contribution in [3.05, 3.63) is 28.2 Å². The summed E-state index contributed by atoms with van der Waals surface area (Å²) in [5, 5.41) is 3.58. The molecule has 3 rings (SSSR count). The highest BCUT2D eigenvalue weighted by atomic mass is 79.9. The number of nitrogens with zero attached hydrogens (tertiary/aromatic N) is 2. The maximum absolute atomic E-state index is 3.75. The molecule has 1 aliphatic carbocycles. The molecule has 116 valence electrons. The number of likely N-dealkylation sites (N-methyl/N-ethyl adjacent to an activating group) is 1. The van der Waals surface area contributed by atoms with Gasteiger partial charge in [0.2, 0.25) is 0 Å². The van der Waals surface area contributed by atoms with E-state index in [2.05, 4.69) is 70.3 Å². The molecule has 1 aliphatic heterocycles. The van der Waals surface area contributed by atoms with Crippen molar-refractivity contribution in [2.75, 3.05) is 32.1 Å². The van der Waals surface area contributed by atoms with Crippen LogP contribution < -0.4 is 10.2 Å². The number of hydrogen-bond donors (Lipinski definition) is 1. The van der Waals surface area contributed by atoms with Gasteiger partial charge in [-0.15, -0.1) is 0 Å². The normalized spacial score (nSPS) is 25.9. The minimum Gasteiger partial charge on any atom is -0.370 e. The summed E-state index contributed by atoms with van der Waals surface area (Å²) in [6.45, 7) is 5.60. The highest BCUT2D eigenvalue weighted by molar-refractivity contribution is 9.10. The average Bonchev–Trinajstić information content (AvgIpc) is 3.18. The summed E-state index contributed by atoms with van der Waals surface area (Å²) in [4.78, 5) is 4.87. The zero-order valence-corrected chi connectivity index (χ0v) is 14.9.